The average Bonchev–Trinajstić information content (AvgIpc) is 0.840. The molecule has 0 fully saturated rings. The van der Waals surface area contributed by atoms with Gasteiger partial charge in [-0.1, -0.05) is 261 Å². The molecule has 0 spiro atoms. The molecule has 16 rings (SSSR count). The lowest BCUT2D eigenvalue weighted by molar-refractivity contribution is 1.02. The molecule has 1 aliphatic rings. The summed E-state index contributed by atoms with van der Waals surface area (Å²) in [6.45, 7) is 0. The number of hydrogen-bond donors (Lipinski definition) is 0. The van der Waals surface area contributed by atoms with Crippen LogP contribution in [0.5, 0.6) is 0 Å². The van der Waals surface area contributed by atoms with Gasteiger partial charge in [-0.25, -0.2) is 34.9 Å². The van der Waals surface area contributed by atoms with Gasteiger partial charge in [0.05, 0.1) is 28.4 Å². The zero-order valence-corrected chi connectivity index (χ0v) is 46.1. The van der Waals surface area contributed by atoms with Crippen LogP contribution in [0.15, 0.2) is 285 Å². The fourth-order valence-corrected chi connectivity index (χ4v) is 11.7. The van der Waals surface area contributed by atoms with Gasteiger partial charge in [-0.3, -0.25) is 4.90 Å². The normalized spacial score (nSPS) is 11.9. The molecule has 86 heavy (non-hydrogen) atoms. The van der Waals surface area contributed by atoms with Gasteiger partial charge in [0.2, 0.25) is 5.95 Å². The molecule has 0 aliphatic carbocycles. The maximum atomic E-state index is 5.53. The molecule has 11 heteroatoms. The topological polar surface area (TPSA) is 122 Å². The van der Waals surface area contributed by atoms with E-state index < -0.39 is 0 Å². The molecule has 0 N–H and O–H groups in total. The minimum atomic E-state index is 0.448. The van der Waals surface area contributed by atoms with E-state index in [9.17, 15) is 0 Å². The van der Waals surface area contributed by atoms with Crippen molar-refractivity contribution >= 4 is 66.7 Å². The molecule has 0 amide bonds. The number of rotatable bonds is 10. The molecule has 1 aliphatic heterocycles. The largest absolute Gasteiger partial charge is 0.305 e. The maximum Gasteiger partial charge on any atom is 0.238 e. The number of anilines is 6. The Morgan fingerprint density at radius 3 is 0.930 bits per heavy atom. The Bertz CT molecular complexity index is 4880. The van der Waals surface area contributed by atoms with Crippen molar-refractivity contribution in [2.24, 2.45) is 0 Å². The van der Waals surface area contributed by atoms with Gasteiger partial charge in [0.1, 0.15) is 0 Å². The summed E-state index contributed by atoms with van der Waals surface area (Å²) in [4.78, 5) is 52.8. The smallest absolute Gasteiger partial charge is 0.238 e. The van der Waals surface area contributed by atoms with Gasteiger partial charge in [-0.2, -0.15) is 9.97 Å². The summed E-state index contributed by atoms with van der Waals surface area (Å²) in [6, 6.07) is 97.2. The third-order valence-electron chi connectivity index (χ3n) is 15.7. The highest BCUT2D eigenvalue weighted by molar-refractivity contribution is 6.27. The summed E-state index contributed by atoms with van der Waals surface area (Å²) >= 11 is 0. The lowest BCUT2D eigenvalue weighted by Gasteiger charge is -2.42. The van der Waals surface area contributed by atoms with Gasteiger partial charge in [-0.15, -0.1) is 0 Å². The van der Waals surface area contributed by atoms with E-state index in [2.05, 4.69) is 113 Å². The molecule has 4 heterocycles. The summed E-state index contributed by atoms with van der Waals surface area (Å²) in [6.07, 6.45) is 0. The third kappa shape index (κ3) is 8.82. The lowest BCUT2D eigenvalue weighted by Crippen LogP contribution is -2.27. The highest BCUT2D eigenvalue weighted by Crippen LogP contribution is 2.61. The van der Waals surface area contributed by atoms with E-state index in [0.717, 1.165) is 99.7 Å². The molecule has 11 nitrogen and oxygen atoms in total. The van der Waals surface area contributed by atoms with Crippen LogP contribution < -0.4 is 9.80 Å². The Morgan fingerprint density at radius 1 is 0.198 bits per heavy atom. The first kappa shape index (κ1) is 49.8. The lowest BCUT2D eigenvalue weighted by atomic mass is 9.92. The predicted octanol–water partition coefficient (Wildman–Crippen LogP) is 18.3. The molecule has 15 aromatic rings. The van der Waals surface area contributed by atoms with Gasteiger partial charge >= 0.3 is 0 Å². The molecule has 0 saturated heterocycles. The van der Waals surface area contributed by atoms with E-state index in [0.29, 0.717) is 58.1 Å². The molecular formula is C75H47N11. The second-order valence-corrected chi connectivity index (χ2v) is 20.9. The van der Waals surface area contributed by atoms with Gasteiger partial charge in [-0.05, 0) is 40.4 Å². The Labute approximate surface area is 495 Å². The van der Waals surface area contributed by atoms with Crippen molar-refractivity contribution in [3.05, 3.63) is 285 Å². The van der Waals surface area contributed by atoms with Crippen molar-refractivity contribution in [1.82, 2.24) is 44.9 Å². The highest BCUT2D eigenvalue weighted by atomic mass is 15.3. The standard InChI is InChI=1S/C75H47N11/c1-7-26-49(27-8-1)67-76-68(50-28-9-2-10-29-50)79-73(78-67)55-44-45-62(61(47-55)74-81-69(51-30-11-3-12-31-51)77-70(82-74)52-32-13-4-14-33-52)85-63-46-43-48-25-19-20-38-56(48)64(63)86(66-60-42-24-22-40-58(60)57-39-21-23-41-59(57)65(66)85)75-83-71(53-34-15-5-16-35-53)80-72(84-75)54-36-17-6-18-37-54/h1-47H. The quantitative estimate of drug-likeness (QED) is 0.122. The Balaban J connectivity index is 1.04. The molecule has 402 valence electrons. The summed E-state index contributed by atoms with van der Waals surface area (Å²) in [5.41, 5.74) is 10.9. The van der Waals surface area contributed by atoms with E-state index in [1.807, 2.05) is 182 Å². The minimum absolute atomic E-state index is 0.448. The molecule has 0 atom stereocenters. The number of benzene rings is 12. The molecule has 0 bridgehead atoms. The highest BCUT2D eigenvalue weighted by Gasteiger charge is 2.38. The van der Waals surface area contributed by atoms with E-state index >= 15 is 0 Å². The van der Waals surface area contributed by atoms with Crippen LogP contribution in [0.25, 0.3) is 123 Å². The van der Waals surface area contributed by atoms with Gasteiger partial charge in [0.15, 0.2) is 46.6 Å². The fourth-order valence-electron chi connectivity index (χ4n) is 11.7. The van der Waals surface area contributed by atoms with Gasteiger partial charge in [0, 0.05) is 60.7 Å². The van der Waals surface area contributed by atoms with E-state index in [-0.39, 0.29) is 0 Å². The van der Waals surface area contributed by atoms with Crippen LogP contribution >= 0.6 is 0 Å². The van der Waals surface area contributed by atoms with Crippen LogP contribution in [-0.4, -0.2) is 44.9 Å². The first-order valence-electron chi connectivity index (χ1n) is 28.5. The second-order valence-electron chi connectivity index (χ2n) is 20.9. The molecule has 0 saturated carbocycles. The zero-order chi connectivity index (χ0) is 56.9. The van der Waals surface area contributed by atoms with Crippen molar-refractivity contribution in [2.75, 3.05) is 9.80 Å². The zero-order valence-electron chi connectivity index (χ0n) is 46.1. The van der Waals surface area contributed by atoms with Crippen LogP contribution in [0.1, 0.15) is 0 Å². The fraction of sp³-hybridized carbons (Fsp3) is 0. The van der Waals surface area contributed by atoms with Crippen molar-refractivity contribution in [3.63, 3.8) is 0 Å². The van der Waals surface area contributed by atoms with Crippen molar-refractivity contribution in [3.8, 4) is 91.1 Å². The van der Waals surface area contributed by atoms with Gasteiger partial charge < -0.3 is 4.90 Å². The Hall–Kier alpha value is -12.0. The monoisotopic (exact) mass is 1100 g/mol. The van der Waals surface area contributed by atoms with Gasteiger partial charge in [0.25, 0.3) is 0 Å². The number of aromatic nitrogens is 9. The summed E-state index contributed by atoms with van der Waals surface area (Å²) < 4.78 is 0. The predicted molar refractivity (Wildman–Crippen MR) is 346 cm³/mol. The number of fused-ring (bicyclic) bond motifs is 9. The van der Waals surface area contributed by atoms with E-state index in [4.69, 9.17) is 44.9 Å². The Kier molecular flexibility index (Phi) is 12.2. The summed E-state index contributed by atoms with van der Waals surface area (Å²) in [7, 11) is 0. The molecule has 12 aromatic carbocycles. The van der Waals surface area contributed by atoms with E-state index in [1.54, 1.807) is 0 Å². The van der Waals surface area contributed by atoms with Crippen LogP contribution in [0.2, 0.25) is 0 Å². The molecule has 0 radical (unpaired) electrons. The third-order valence-corrected chi connectivity index (χ3v) is 15.7. The summed E-state index contributed by atoms with van der Waals surface area (Å²) in [5, 5.41) is 6.17. The average molecular weight is 1100 g/mol. The van der Waals surface area contributed by atoms with Crippen LogP contribution in [-0.2, 0) is 0 Å². The Morgan fingerprint density at radius 2 is 0.512 bits per heavy atom. The first-order chi connectivity index (χ1) is 42.6. The maximum absolute atomic E-state index is 5.53. The minimum Gasteiger partial charge on any atom is -0.305 e. The number of nitrogens with zero attached hydrogens (tertiary/aromatic N) is 11. The second kappa shape index (κ2) is 21.1. The first-order valence-corrected chi connectivity index (χ1v) is 28.5. The number of hydrogen-bond acceptors (Lipinski definition) is 11. The molecule has 0 unspecified atom stereocenters. The van der Waals surface area contributed by atoms with Crippen molar-refractivity contribution in [1.29, 1.82) is 0 Å². The van der Waals surface area contributed by atoms with Crippen LogP contribution in [0.3, 0.4) is 0 Å². The van der Waals surface area contributed by atoms with Crippen molar-refractivity contribution < 1.29 is 0 Å². The van der Waals surface area contributed by atoms with Crippen molar-refractivity contribution in [2.45, 2.75) is 0 Å². The SMILES string of the molecule is c1ccc(-c2nc(-c3ccccc3)nc(-c3ccc(N4c5ccc6ccccc6c5N(c5nc(-c6ccccc6)nc(-c6ccccc6)n5)c5c4c4ccccc4c4ccccc54)c(-c4nc(-c5ccccc5)nc(-c5ccccc5)n4)c3)n2)cc1. The summed E-state index contributed by atoms with van der Waals surface area (Å²) in [5.74, 6) is 4.63. The van der Waals surface area contributed by atoms with Crippen LogP contribution in [0.4, 0.5) is 34.4 Å². The van der Waals surface area contributed by atoms with Crippen LogP contribution in [0, 0.1) is 0 Å². The molecule has 3 aromatic heterocycles. The van der Waals surface area contributed by atoms with E-state index in [1.165, 1.54) is 0 Å². The molecular weight excluding hydrogens is 1050 g/mol.